The van der Waals surface area contributed by atoms with Crippen LogP contribution in [0.3, 0.4) is 0 Å². The van der Waals surface area contributed by atoms with E-state index in [-0.39, 0.29) is 0 Å². The van der Waals surface area contributed by atoms with Gasteiger partial charge in [0.25, 0.3) is 0 Å². The van der Waals surface area contributed by atoms with Gasteiger partial charge in [0, 0.05) is 27.6 Å². The van der Waals surface area contributed by atoms with E-state index in [1.807, 2.05) is 37.7 Å². The Labute approximate surface area is 119 Å². The van der Waals surface area contributed by atoms with Gasteiger partial charge >= 0.3 is 0 Å². The van der Waals surface area contributed by atoms with Gasteiger partial charge in [-0.3, -0.25) is 4.79 Å². The molecule has 2 rings (SSSR count). The van der Waals surface area contributed by atoms with Crippen molar-refractivity contribution in [3.63, 3.8) is 0 Å². The summed E-state index contributed by atoms with van der Waals surface area (Å²) in [4.78, 5) is 18.6. The van der Waals surface area contributed by atoms with Crippen LogP contribution in [0.5, 0.6) is 0 Å². The number of halogens is 1. The van der Waals surface area contributed by atoms with Gasteiger partial charge in [-0.1, -0.05) is 15.9 Å². The third-order valence-electron chi connectivity index (χ3n) is 2.75. The summed E-state index contributed by atoms with van der Waals surface area (Å²) in [6.07, 6.45) is 0.885. The Hall–Kier alpha value is -1.20. The zero-order chi connectivity index (χ0) is 13.1. The van der Waals surface area contributed by atoms with Crippen molar-refractivity contribution in [1.82, 2.24) is 4.98 Å². The standard InChI is InChI=1S/C13H13BrN2OS/c1-9-13(18-8-15-9)6-16(2)12-4-3-11(14)5-10(12)7-17/h3-5,7-8H,6H2,1-2H3. The van der Waals surface area contributed by atoms with Crippen LogP contribution < -0.4 is 4.90 Å². The first kappa shape index (κ1) is 13.2. The predicted octanol–water partition coefficient (Wildman–Crippen LogP) is 3.66. The van der Waals surface area contributed by atoms with Crippen molar-refractivity contribution in [2.45, 2.75) is 13.5 Å². The molecule has 3 nitrogen and oxygen atoms in total. The van der Waals surface area contributed by atoms with Crippen LogP contribution in [0.15, 0.2) is 28.2 Å². The van der Waals surface area contributed by atoms with Crippen LogP contribution >= 0.6 is 27.3 Å². The highest BCUT2D eigenvalue weighted by Crippen LogP contribution is 2.25. The zero-order valence-corrected chi connectivity index (χ0v) is 12.6. The Morgan fingerprint density at radius 2 is 2.28 bits per heavy atom. The number of nitrogens with zero attached hydrogens (tertiary/aromatic N) is 2. The maximum absolute atomic E-state index is 11.1. The summed E-state index contributed by atoms with van der Waals surface area (Å²) in [7, 11) is 1.98. The van der Waals surface area contributed by atoms with Gasteiger partial charge in [0.15, 0.2) is 6.29 Å². The third kappa shape index (κ3) is 2.79. The molecular formula is C13H13BrN2OS. The third-order valence-corrected chi connectivity index (χ3v) is 4.17. The van der Waals surface area contributed by atoms with Crippen molar-refractivity contribution in [2.75, 3.05) is 11.9 Å². The van der Waals surface area contributed by atoms with Crippen molar-refractivity contribution in [1.29, 1.82) is 0 Å². The Morgan fingerprint density at radius 3 is 2.89 bits per heavy atom. The van der Waals surface area contributed by atoms with E-state index < -0.39 is 0 Å². The zero-order valence-electron chi connectivity index (χ0n) is 10.2. The van der Waals surface area contributed by atoms with Gasteiger partial charge in [0.2, 0.25) is 0 Å². The predicted molar refractivity (Wildman–Crippen MR) is 78.5 cm³/mol. The topological polar surface area (TPSA) is 33.2 Å². The first-order chi connectivity index (χ1) is 8.61. The maximum Gasteiger partial charge on any atom is 0.152 e. The largest absolute Gasteiger partial charge is 0.369 e. The number of carbonyl (C=O) groups is 1. The molecule has 0 radical (unpaired) electrons. The van der Waals surface area contributed by atoms with Gasteiger partial charge in [-0.25, -0.2) is 4.98 Å². The molecule has 0 saturated carbocycles. The number of aldehydes is 1. The van der Waals surface area contributed by atoms with Crippen LogP contribution in [-0.4, -0.2) is 18.3 Å². The number of aromatic nitrogens is 1. The summed E-state index contributed by atoms with van der Waals surface area (Å²) < 4.78 is 0.913. The molecule has 0 spiro atoms. The molecule has 1 heterocycles. The van der Waals surface area contributed by atoms with Crippen LogP contribution in [0.4, 0.5) is 5.69 Å². The summed E-state index contributed by atoms with van der Waals surface area (Å²) >= 11 is 5.01. The van der Waals surface area contributed by atoms with Gasteiger partial charge in [-0.05, 0) is 25.1 Å². The Bertz CT molecular complexity index is 568. The fourth-order valence-corrected chi connectivity index (χ4v) is 2.95. The number of anilines is 1. The lowest BCUT2D eigenvalue weighted by Crippen LogP contribution is -2.17. The minimum atomic E-state index is 0.689. The normalized spacial score (nSPS) is 10.4. The number of benzene rings is 1. The first-order valence-corrected chi connectivity index (χ1v) is 7.14. The smallest absolute Gasteiger partial charge is 0.152 e. The Balaban J connectivity index is 2.26. The minimum Gasteiger partial charge on any atom is -0.369 e. The van der Waals surface area contributed by atoms with Crippen LogP contribution in [0.1, 0.15) is 20.9 Å². The number of hydrogen-bond donors (Lipinski definition) is 0. The number of rotatable bonds is 4. The lowest BCUT2D eigenvalue weighted by Gasteiger charge is -2.20. The van der Waals surface area contributed by atoms with E-state index >= 15 is 0 Å². The van der Waals surface area contributed by atoms with Crippen LogP contribution in [0.2, 0.25) is 0 Å². The number of carbonyl (C=O) groups excluding carboxylic acids is 1. The summed E-state index contributed by atoms with van der Waals surface area (Å²) in [5.74, 6) is 0. The molecule has 0 aliphatic heterocycles. The van der Waals surface area contributed by atoms with Crippen molar-refractivity contribution in [2.24, 2.45) is 0 Å². The highest BCUT2D eigenvalue weighted by atomic mass is 79.9. The van der Waals surface area contributed by atoms with Crippen molar-refractivity contribution >= 4 is 39.2 Å². The summed E-state index contributed by atoms with van der Waals surface area (Å²) in [6, 6.07) is 5.72. The van der Waals surface area contributed by atoms with Gasteiger partial charge < -0.3 is 4.90 Å². The van der Waals surface area contributed by atoms with Crippen LogP contribution in [-0.2, 0) is 6.54 Å². The van der Waals surface area contributed by atoms with Gasteiger partial charge in [-0.2, -0.15) is 0 Å². The van der Waals surface area contributed by atoms with E-state index in [4.69, 9.17) is 0 Å². The summed E-state index contributed by atoms with van der Waals surface area (Å²) in [6.45, 7) is 2.76. The average molecular weight is 325 g/mol. The molecule has 1 aromatic heterocycles. The van der Waals surface area contributed by atoms with E-state index in [1.165, 1.54) is 4.88 Å². The Morgan fingerprint density at radius 1 is 1.50 bits per heavy atom. The molecule has 0 N–H and O–H groups in total. The summed E-state index contributed by atoms with van der Waals surface area (Å²) in [5.41, 5.74) is 4.52. The molecule has 0 aliphatic carbocycles. The van der Waals surface area contributed by atoms with Crippen molar-refractivity contribution in [3.05, 3.63) is 44.3 Å². The second-order valence-electron chi connectivity index (χ2n) is 4.04. The van der Waals surface area contributed by atoms with Gasteiger partial charge in [0.05, 0.1) is 17.7 Å². The Kier molecular flexibility index (Phi) is 4.14. The molecular weight excluding hydrogens is 312 g/mol. The molecule has 0 aliphatic rings. The highest BCUT2D eigenvalue weighted by molar-refractivity contribution is 9.10. The van der Waals surface area contributed by atoms with Gasteiger partial charge in [0.1, 0.15) is 0 Å². The van der Waals surface area contributed by atoms with Crippen molar-refractivity contribution in [3.8, 4) is 0 Å². The van der Waals surface area contributed by atoms with Crippen molar-refractivity contribution < 1.29 is 4.79 Å². The summed E-state index contributed by atoms with van der Waals surface area (Å²) in [5, 5.41) is 0. The van der Waals surface area contributed by atoms with E-state index in [0.29, 0.717) is 5.56 Å². The fraction of sp³-hybridized carbons (Fsp3) is 0.231. The van der Waals surface area contributed by atoms with E-state index in [0.717, 1.165) is 28.7 Å². The SMILES string of the molecule is Cc1ncsc1CN(C)c1ccc(Br)cc1C=O. The molecule has 0 atom stereocenters. The van der Waals surface area contributed by atoms with Gasteiger partial charge in [-0.15, -0.1) is 11.3 Å². The molecule has 0 fully saturated rings. The second kappa shape index (κ2) is 5.63. The molecule has 2 aromatic rings. The van der Waals surface area contributed by atoms with E-state index in [2.05, 4.69) is 25.8 Å². The molecule has 0 bridgehead atoms. The number of hydrogen-bond acceptors (Lipinski definition) is 4. The molecule has 0 unspecified atom stereocenters. The van der Waals surface area contributed by atoms with E-state index in [1.54, 1.807) is 11.3 Å². The molecule has 0 saturated heterocycles. The first-order valence-electron chi connectivity index (χ1n) is 5.46. The maximum atomic E-state index is 11.1. The minimum absolute atomic E-state index is 0.689. The quantitative estimate of drug-likeness (QED) is 0.804. The lowest BCUT2D eigenvalue weighted by molar-refractivity contribution is 0.112. The van der Waals surface area contributed by atoms with Crippen LogP contribution in [0, 0.1) is 6.92 Å². The molecule has 5 heteroatoms. The number of thiazole rings is 1. The molecule has 1 aromatic carbocycles. The number of aryl methyl sites for hydroxylation is 1. The molecule has 0 amide bonds. The molecule has 18 heavy (non-hydrogen) atoms. The average Bonchev–Trinajstić information content (AvgIpc) is 2.74. The monoisotopic (exact) mass is 324 g/mol. The van der Waals surface area contributed by atoms with Crippen LogP contribution in [0.25, 0.3) is 0 Å². The highest BCUT2D eigenvalue weighted by Gasteiger charge is 2.10. The van der Waals surface area contributed by atoms with E-state index in [9.17, 15) is 4.79 Å². The second-order valence-corrected chi connectivity index (χ2v) is 5.89. The molecule has 94 valence electrons. The lowest BCUT2D eigenvalue weighted by atomic mass is 10.2. The fourth-order valence-electron chi connectivity index (χ4n) is 1.75.